The van der Waals surface area contributed by atoms with Gasteiger partial charge in [-0.05, 0) is 43.2 Å². The number of amides is 1. The van der Waals surface area contributed by atoms with Crippen LogP contribution in [0.4, 0.5) is 14.5 Å². The van der Waals surface area contributed by atoms with Gasteiger partial charge in [-0.25, -0.2) is 17.2 Å². The number of hydrogen-bond acceptors (Lipinski definition) is 4. The lowest BCUT2D eigenvalue weighted by molar-refractivity contribution is -0.120. The fourth-order valence-electron chi connectivity index (χ4n) is 2.85. The van der Waals surface area contributed by atoms with Gasteiger partial charge in [0, 0.05) is 25.2 Å². The number of hydrogen-bond donors (Lipinski definition) is 1. The van der Waals surface area contributed by atoms with Gasteiger partial charge in [0.1, 0.15) is 16.5 Å². The number of piperidine rings is 1. The quantitative estimate of drug-likeness (QED) is 0.882. The number of nitrogens with one attached hydrogen (secondary N) is 1. The van der Waals surface area contributed by atoms with Crippen molar-refractivity contribution >= 4 is 21.6 Å². The maximum Gasteiger partial charge on any atom is 0.246 e. The first-order valence-electron chi connectivity index (χ1n) is 8.04. The Kier molecular flexibility index (Phi) is 5.28. The van der Waals surface area contributed by atoms with Crippen LogP contribution in [0.1, 0.15) is 12.8 Å². The third-order valence-electron chi connectivity index (χ3n) is 4.26. The van der Waals surface area contributed by atoms with Crippen LogP contribution in [-0.2, 0) is 14.8 Å². The average Bonchev–Trinajstić information content (AvgIpc) is 2.64. The van der Waals surface area contributed by atoms with Crippen LogP contribution in [0, 0.1) is 17.6 Å². The summed E-state index contributed by atoms with van der Waals surface area (Å²) in [7, 11) is -4.15. The zero-order valence-electron chi connectivity index (χ0n) is 13.7. The third-order valence-corrected chi connectivity index (χ3v) is 6.18. The van der Waals surface area contributed by atoms with Crippen molar-refractivity contribution in [2.45, 2.75) is 17.7 Å². The Labute approximate surface area is 149 Å². The van der Waals surface area contributed by atoms with E-state index in [1.807, 2.05) is 0 Å². The molecule has 2 aromatic rings. The summed E-state index contributed by atoms with van der Waals surface area (Å²) in [6.45, 7) is 0.118. The van der Waals surface area contributed by atoms with E-state index in [1.165, 1.54) is 6.20 Å². The Morgan fingerprint density at radius 1 is 1.19 bits per heavy atom. The number of halogens is 2. The first-order valence-corrected chi connectivity index (χ1v) is 9.48. The highest BCUT2D eigenvalue weighted by Crippen LogP contribution is 2.26. The van der Waals surface area contributed by atoms with Crippen molar-refractivity contribution in [2.24, 2.45) is 5.92 Å². The number of carbonyl (C=O) groups is 1. The number of sulfonamides is 1. The van der Waals surface area contributed by atoms with Gasteiger partial charge < -0.3 is 5.32 Å². The smallest absolute Gasteiger partial charge is 0.246 e. The number of anilines is 1. The van der Waals surface area contributed by atoms with Gasteiger partial charge in [-0.1, -0.05) is 0 Å². The predicted molar refractivity (Wildman–Crippen MR) is 90.7 cm³/mol. The lowest BCUT2D eigenvalue weighted by Gasteiger charge is -2.30. The molecule has 1 aromatic heterocycles. The number of nitrogens with zero attached hydrogens (tertiary/aromatic N) is 2. The van der Waals surface area contributed by atoms with Crippen molar-refractivity contribution in [3.8, 4) is 0 Å². The summed E-state index contributed by atoms with van der Waals surface area (Å²) in [4.78, 5) is 15.5. The van der Waals surface area contributed by atoms with Crippen LogP contribution >= 0.6 is 0 Å². The van der Waals surface area contributed by atoms with Crippen molar-refractivity contribution in [2.75, 3.05) is 18.4 Å². The van der Waals surface area contributed by atoms with E-state index in [9.17, 15) is 22.0 Å². The molecule has 26 heavy (non-hydrogen) atoms. The van der Waals surface area contributed by atoms with Crippen molar-refractivity contribution in [3.05, 3.63) is 54.4 Å². The van der Waals surface area contributed by atoms with E-state index in [1.54, 1.807) is 18.3 Å². The molecule has 1 N–H and O–H groups in total. The molecule has 1 aliphatic heterocycles. The molecular weight excluding hydrogens is 364 g/mol. The second-order valence-corrected chi connectivity index (χ2v) is 7.89. The van der Waals surface area contributed by atoms with Crippen LogP contribution in [0.25, 0.3) is 0 Å². The summed E-state index contributed by atoms with van der Waals surface area (Å²) in [5.41, 5.74) is 0.564. The van der Waals surface area contributed by atoms with Crippen LogP contribution in [0.3, 0.4) is 0 Å². The van der Waals surface area contributed by atoms with Crippen LogP contribution in [0.5, 0.6) is 0 Å². The highest BCUT2D eigenvalue weighted by molar-refractivity contribution is 7.89. The third kappa shape index (κ3) is 3.88. The van der Waals surface area contributed by atoms with Gasteiger partial charge >= 0.3 is 0 Å². The van der Waals surface area contributed by atoms with Crippen molar-refractivity contribution < 1.29 is 22.0 Å². The topological polar surface area (TPSA) is 79.4 Å². The molecule has 9 heteroatoms. The minimum atomic E-state index is -4.15. The van der Waals surface area contributed by atoms with Gasteiger partial charge in [0.15, 0.2) is 0 Å². The highest BCUT2D eigenvalue weighted by atomic mass is 32.2. The minimum absolute atomic E-state index is 0.0589. The van der Waals surface area contributed by atoms with Crippen LogP contribution < -0.4 is 5.32 Å². The molecule has 0 radical (unpaired) electrons. The Morgan fingerprint density at radius 3 is 2.58 bits per heavy atom. The molecule has 0 aliphatic carbocycles. The molecule has 0 bridgehead atoms. The van der Waals surface area contributed by atoms with E-state index in [0.29, 0.717) is 24.6 Å². The molecule has 0 spiro atoms. The molecule has 138 valence electrons. The monoisotopic (exact) mass is 381 g/mol. The van der Waals surface area contributed by atoms with E-state index in [0.717, 1.165) is 16.4 Å². The van der Waals surface area contributed by atoms with Crippen molar-refractivity contribution in [3.63, 3.8) is 0 Å². The molecule has 1 aromatic carbocycles. The van der Waals surface area contributed by atoms with E-state index in [-0.39, 0.29) is 24.9 Å². The maximum absolute atomic E-state index is 13.8. The summed E-state index contributed by atoms with van der Waals surface area (Å²) in [6, 6.07) is 5.72. The zero-order chi connectivity index (χ0) is 18.7. The molecule has 0 unspecified atom stereocenters. The molecule has 1 fully saturated rings. The summed E-state index contributed by atoms with van der Waals surface area (Å²) in [5.74, 6) is -2.40. The van der Waals surface area contributed by atoms with E-state index < -0.39 is 26.6 Å². The summed E-state index contributed by atoms with van der Waals surface area (Å²) in [6.07, 6.45) is 3.69. The first-order chi connectivity index (χ1) is 12.4. The molecule has 0 atom stereocenters. The number of aromatic nitrogens is 1. The second-order valence-electron chi connectivity index (χ2n) is 5.98. The second kappa shape index (κ2) is 7.46. The molecule has 1 saturated heterocycles. The number of carbonyl (C=O) groups excluding carboxylic acids is 1. The fraction of sp³-hybridized carbons (Fsp3) is 0.294. The standard InChI is InChI=1S/C17H17F2N3O3S/c18-13-3-4-15(19)16(10-13)26(24,25)22-8-5-12(6-9-22)17(23)21-14-2-1-7-20-11-14/h1-4,7,10-12H,5-6,8-9H2,(H,21,23). The van der Waals surface area contributed by atoms with E-state index in [2.05, 4.69) is 10.3 Å². The van der Waals surface area contributed by atoms with Crippen LogP contribution in [-0.4, -0.2) is 36.7 Å². The van der Waals surface area contributed by atoms with Gasteiger partial charge in [0.25, 0.3) is 0 Å². The van der Waals surface area contributed by atoms with Crippen LogP contribution in [0.2, 0.25) is 0 Å². The van der Waals surface area contributed by atoms with Crippen molar-refractivity contribution in [1.29, 1.82) is 0 Å². The summed E-state index contributed by atoms with van der Waals surface area (Å²) in [5, 5.41) is 2.73. The SMILES string of the molecule is O=C(Nc1cccnc1)C1CCN(S(=O)(=O)c2cc(F)ccc2F)CC1. The highest BCUT2D eigenvalue weighted by Gasteiger charge is 2.33. The van der Waals surface area contributed by atoms with E-state index >= 15 is 0 Å². The average molecular weight is 381 g/mol. The number of rotatable bonds is 4. The van der Waals surface area contributed by atoms with Crippen LogP contribution in [0.15, 0.2) is 47.6 Å². The van der Waals surface area contributed by atoms with Gasteiger partial charge in [0.05, 0.1) is 11.9 Å². The number of pyridine rings is 1. The summed E-state index contributed by atoms with van der Waals surface area (Å²) < 4.78 is 53.3. The van der Waals surface area contributed by atoms with Gasteiger partial charge in [-0.15, -0.1) is 0 Å². The Hall–Kier alpha value is -2.39. The Balaban J connectivity index is 1.66. The normalized spacial score (nSPS) is 16.4. The molecule has 3 rings (SSSR count). The first kappa shape index (κ1) is 18.4. The zero-order valence-corrected chi connectivity index (χ0v) is 14.5. The lowest BCUT2D eigenvalue weighted by Crippen LogP contribution is -2.41. The molecule has 0 saturated carbocycles. The van der Waals surface area contributed by atoms with Crippen molar-refractivity contribution in [1.82, 2.24) is 9.29 Å². The molecular formula is C17H17F2N3O3S. The minimum Gasteiger partial charge on any atom is -0.324 e. The molecule has 2 heterocycles. The Morgan fingerprint density at radius 2 is 1.92 bits per heavy atom. The predicted octanol–water partition coefficient (Wildman–Crippen LogP) is 2.40. The molecule has 1 amide bonds. The maximum atomic E-state index is 13.8. The summed E-state index contributed by atoms with van der Waals surface area (Å²) >= 11 is 0. The van der Waals surface area contributed by atoms with Gasteiger partial charge in [-0.3, -0.25) is 9.78 Å². The molecule has 6 nitrogen and oxygen atoms in total. The molecule has 1 aliphatic rings. The fourth-order valence-corrected chi connectivity index (χ4v) is 4.40. The van der Waals surface area contributed by atoms with Gasteiger partial charge in [-0.2, -0.15) is 4.31 Å². The number of benzene rings is 1. The van der Waals surface area contributed by atoms with E-state index in [4.69, 9.17) is 0 Å². The van der Waals surface area contributed by atoms with Gasteiger partial charge in [0.2, 0.25) is 15.9 Å². The Bertz CT molecular complexity index is 899. The lowest BCUT2D eigenvalue weighted by atomic mass is 9.97. The largest absolute Gasteiger partial charge is 0.324 e.